The normalized spacial score (nSPS) is 15.4. The van der Waals surface area contributed by atoms with Crippen molar-refractivity contribution in [1.29, 1.82) is 0 Å². The average molecular weight is 328 g/mol. The molecule has 2 aromatic carbocycles. The Morgan fingerprint density at radius 1 is 0.920 bits per heavy atom. The van der Waals surface area contributed by atoms with Crippen LogP contribution in [-0.4, -0.2) is 20.6 Å². The van der Waals surface area contributed by atoms with Crippen LogP contribution in [0.1, 0.15) is 41.8 Å². The van der Waals surface area contributed by atoms with Gasteiger partial charge in [-0.1, -0.05) is 73.2 Å². The van der Waals surface area contributed by atoms with Crippen LogP contribution >= 0.6 is 0 Å². The molecule has 1 fully saturated rings. The van der Waals surface area contributed by atoms with Crippen molar-refractivity contribution < 1.29 is 0 Å². The van der Waals surface area contributed by atoms with Crippen molar-refractivity contribution in [3.05, 3.63) is 77.1 Å². The van der Waals surface area contributed by atoms with E-state index in [9.17, 15) is 0 Å². The van der Waals surface area contributed by atoms with Crippen LogP contribution in [0.3, 0.4) is 0 Å². The van der Waals surface area contributed by atoms with Gasteiger partial charge in [0, 0.05) is 0 Å². The van der Waals surface area contributed by atoms with Gasteiger partial charge in [-0.2, -0.15) is 5.21 Å². The summed E-state index contributed by atoms with van der Waals surface area (Å²) in [5.74, 6) is 1.28. The van der Waals surface area contributed by atoms with Crippen molar-refractivity contribution >= 4 is 23.8 Å². The number of benzene rings is 2. The first-order valence-corrected chi connectivity index (χ1v) is 8.67. The summed E-state index contributed by atoms with van der Waals surface area (Å²) in [6.07, 6.45) is 10.1. The van der Waals surface area contributed by atoms with E-state index < -0.39 is 0 Å². The zero-order valence-electron chi connectivity index (χ0n) is 14.0. The van der Waals surface area contributed by atoms with Gasteiger partial charge in [0.05, 0.1) is 0 Å². The number of nitrogens with zero attached hydrogens (tertiary/aromatic N) is 3. The van der Waals surface area contributed by atoms with Crippen molar-refractivity contribution in [3.63, 3.8) is 0 Å². The van der Waals surface area contributed by atoms with E-state index in [1.165, 1.54) is 36.0 Å². The molecule has 4 heteroatoms. The van der Waals surface area contributed by atoms with Crippen LogP contribution < -0.4 is 0 Å². The second-order valence-electron chi connectivity index (χ2n) is 6.36. The molecular formula is C21H20N4. The van der Waals surface area contributed by atoms with Crippen LogP contribution in [0.2, 0.25) is 0 Å². The largest absolute Gasteiger partial charge is 0.197 e. The summed E-state index contributed by atoms with van der Waals surface area (Å²) in [7, 11) is 0. The fourth-order valence-electron chi connectivity index (χ4n) is 3.08. The standard InChI is InChI=1S/C21H20N4/c1-2-5-18(6-3-1)20(19-7-4-8-19)15-17-11-9-16(10-12-17)13-14-21-22-24-25-23-21/h1-3,5-6,9-15,19H,4,7-8H2,(H,22,23,24,25)/b14-13+,20-15-. The van der Waals surface area contributed by atoms with Crippen molar-refractivity contribution in [1.82, 2.24) is 20.6 Å². The lowest BCUT2D eigenvalue weighted by Gasteiger charge is -2.28. The van der Waals surface area contributed by atoms with Gasteiger partial charge in [-0.25, -0.2) is 0 Å². The molecule has 0 amide bonds. The highest BCUT2D eigenvalue weighted by Gasteiger charge is 2.22. The molecule has 124 valence electrons. The summed E-state index contributed by atoms with van der Waals surface area (Å²) in [4.78, 5) is 0. The fourth-order valence-corrected chi connectivity index (χ4v) is 3.08. The highest BCUT2D eigenvalue weighted by atomic mass is 15.5. The van der Waals surface area contributed by atoms with E-state index in [4.69, 9.17) is 0 Å². The minimum atomic E-state index is 0.584. The first-order valence-electron chi connectivity index (χ1n) is 8.67. The van der Waals surface area contributed by atoms with E-state index in [1.807, 2.05) is 12.2 Å². The average Bonchev–Trinajstić information content (AvgIpc) is 3.13. The Bertz CT molecular complexity index is 858. The van der Waals surface area contributed by atoms with Gasteiger partial charge in [0.25, 0.3) is 0 Å². The van der Waals surface area contributed by atoms with Gasteiger partial charge in [-0.05, 0) is 52.3 Å². The summed E-state index contributed by atoms with van der Waals surface area (Å²) in [5, 5.41) is 13.8. The molecular weight excluding hydrogens is 308 g/mol. The molecule has 3 aromatic rings. The predicted octanol–water partition coefficient (Wildman–Crippen LogP) is 4.71. The minimum Gasteiger partial charge on any atom is -0.177 e. The lowest BCUT2D eigenvalue weighted by Crippen LogP contribution is -2.12. The van der Waals surface area contributed by atoms with E-state index in [0.29, 0.717) is 11.7 Å². The number of H-pyrrole nitrogens is 1. The zero-order valence-corrected chi connectivity index (χ0v) is 14.0. The summed E-state index contributed by atoms with van der Waals surface area (Å²) < 4.78 is 0. The molecule has 4 nitrogen and oxygen atoms in total. The molecule has 25 heavy (non-hydrogen) atoms. The molecule has 0 aliphatic heterocycles. The topological polar surface area (TPSA) is 54.5 Å². The molecule has 1 heterocycles. The molecule has 1 aromatic heterocycles. The number of hydrogen-bond donors (Lipinski definition) is 1. The maximum atomic E-state index is 3.91. The summed E-state index contributed by atoms with van der Waals surface area (Å²) >= 11 is 0. The van der Waals surface area contributed by atoms with Gasteiger partial charge in [-0.15, -0.1) is 10.2 Å². The number of allylic oxidation sites excluding steroid dienone is 1. The molecule has 1 aliphatic carbocycles. The number of nitrogens with one attached hydrogen (secondary N) is 1. The number of tetrazole rings is 1. The van der Waals surface area contributed by atoms with Crippen LogP contribution in [0.25, 0.3) is 23.8 Å². The molecule has 0 radical (unpaired) electrons. The van der Waals surface area contributed by atoms with E-state index in [2.05, 4.69) is 81.3 Å². The lowest BCUT2D eigenvalue weighted by atomic mass is 9.76. The molecule has 0 unspecified atom stereocenters. The third-order valence-corrected chi connectivity index (χ3v) is 4.70. The third kappa shape index (κ3) is 3.74. The highest BCUT2D eigenvalue weighted by Crippen LogP contribution is 2.39. The number of hydrogen-bond acceptors (Lipinski definition) is 3. The van der Waals surface area contributed by atoms with E-state index in [1.54, 1.807) is 0 Å². The molecule has 1 aliphatic rings. The molecule has 0 atom stereocenters. The van der Waals surface area contributed by atoms with Gasteiger partial charge in [-0.3, -0.25) is 0 Å². The van der Waals surface area contributed by atoms with Gasteiger partial charge in [0.2, 0.25) is 0 Å². The van der Waals surface area contributed by atoms with Crippen LogP contribution in [0.15, 0.2) is 54.6 Å². The van der Waals surface area contributed by atoms with Crippen LogP contribution in [-0.2, 0) is 0 Å². The second-order valence-corrected chi connectivity index (χ2v) is 6.36. The van der Waals surface area contributed by atoms with Gasteiger partial charge in [0.15, 0.2) is 5.82 Å². The summed E-state index contributed by atoms with van der Waals surface area (Å²) in [5.41, 5.74) is 5.16. The smallest absolute Gasteiger partial charge is 0.177 e. The van der Waals surface area contributed by atoms with E-state index >= 15 is 0 Å². The molecule has 1 saturated carbocycles. The number of aromatic nitrogens is 4. The van der Waals surface area contributed by atoms with E-state index in [0.717, 1.165) is 5.56 Å². The molecule has 0 bridgehead atoms. The Labute approximate surface area is 147 Å². The van der Waals surface area contributed by atoms with Crippen molar-refractivity contribution in [2.75, 3.05) is 0 Å². The first-order chi connectivity index (χ1) is 12.4. The van der Waals surface area contributed by atoms with Gasteiger partial charge < -0.3 is 0 Å². The Hall–Kier alpha value is -3.01. The minimum absolute atomic E-state index is 0.584. The Balaban J connectivity index is 1.56. The Morgan fingerprint density at radius 3 is 2.32 bits per heavy atom. The van der Waals surface area contributed by atoms with Gasteiger partial charge in [0.1, 0.15) is 0 Å². The second kappa shape index (κ2) is 7.26. The van der Waals surface area contributed by atoms with Gasteiger partial charge >= 0.3 is 0 Å². The highest BCUT2D eigenvalue weighted by molar-refractivity contribution is 5.83. The first kappa shape index (κ1) is 15.5. The third-order valence-electron chi connectivity index (χ3n) is 4.70. The molecule has 0 spiro atoms. The maximum Gasteiger partial charge on any atom is 0.197 e. The van der Waals surface area contributed by atoms with Crippen molar-refractivity contribution in [2.24, 2.45) is 5.92 Å². The predicted molar refractivity (Wildman–Crippen MR) is 101 cm³/mol. The van der Waals surface area contributed by atoms with Crippen LogP contribution in [0, 0.1) is 5.92 Å². The summed E-state index contributed by atoms with van der Waals surface area (Å²) in [6, 6.07) is 19.3. The van der Waals surface area contributed by atoms with Crippen LogP contribution in [0.4, 0.5) is 0 Å². The van der Waals surface area contributed by atoms with Crippen molar-refractivity contribution in [2.45, 2.75) is 19.3 Å². The quantitative estimate of drug-likeness (QED) is 0.690. The Morgan fingerprint density at radius 2 is 1.68 bits per heavy atom. The fraction of sp³-hybridized carbons (Fsp3) is 0.190. The number of aromatic amines is 1. The zero-order chi connectivity index (χ0) is 16.9. The van der Waals surface area contributed by atoms with Crippen molar-refractivity contribution in [3.8, 4) is 0 Å². The molecule has 1 N–H and O–H groups in total. The SMILES string of the molecule is C(=C\c1nn[nH]n1)/c1ccc(/C=C(/c2ccccc2)C2CCC2)cc1. The molecule has 4 rings (SSSR count). The summed E-state index contributed by atoms with van der Waals surface area (Å²) in [6.45, 7) is 0. The van der Waals surface area contributed by atoms with E-state index in [-0.39, 0.29) is 0 Å². The Kier molecular flexibility index (Phi) is 4.51. The van der Waals surface area contributed by atoms with Crippen LogP contribution in [0.5, 0.6) is 0 Å². The lowest BCUT2D eigenvalue weighted by molar-refractivity contribution is 0.401. The number of rotatable bonds is 5. The molecule has 0 saturated heterocycles. The maximum absolute atomic E-state index is 3.91. The monoisotopic (exact) mass is 328 g/mol.